The Kier molecular flexibility index (Phi) is 5.05. The molecule has 0 saturated heterocycles. The lowest BCUT2D eigenvalue weighted by atomic mass is 9.95. The predicted octanol–water partition coefficient (Wildman–Crippen LogP) is 3.25. The van der Waals surface area contributed by atoms with Crippen LogP contribution in [0.1, 0.15) is 57.6 Å². The van der Waals surface area contributed by atoms with Crippen LogP contribution < -0.4 is 5.32 Å². The molecular formula is C14H25N3. The molecule has 1 saturated carbocycles. The number of imidazole rings is 1. The summed E-state index contributed by atoms with van der Waals surface area (Å²) in [5.74, 6) is 0.985. The smallest absolute Gasteiger partial charge is 0.0922 e. The molecule has 3 heteroatoms. The fourth-order valence-electron chi connectivity index (χ4n) is 2.92. The number of nitrogens with zero attached hydrogens (tertiary/aromatic N) is 1. The van der Waals surface area contributed by atoms with E-state index >= 15 is 0 Å². The molecule has 17 heavy (non-hydrogen) atoms. The maximum absolute atomic E-state index is 4.05. The average Bonchev–Trinajstić information content (AvgIpc) is 2.75. The topological polar surface area (TPSA) is 40.7 Å². The van der Waals surface area contributed by atoms with Crippen LogP contribution in [0.5, 0.6) is 0 Å². The van der Waals surface area contributed by atoms with Gasteiger partial charge in [0.15, 0.2) is 0 Å². The first kappa shape index (κ1) is 12.6. The van der Waals surface area contributed by atoms with E-state index in [2.05, 4.69) is 22.2 Å². The summed E-state index contributed by atoms with van der Waals surface area (Å²) < 4.78 is 0. The quantitative estimate of drug-likeness (QED) is 0.769. The van der Waals surface area contributed by atoms with E-state index < -0.39 is 0 Å². The standard InChI is InChI=1S/C14H25N3/c1-2-4-12-5-3-6-13(8-7-12)16-10-14-9-15-11-17-14/h9,11-13,16H,2-8,10H2,1H3,(H,15,17). The van der Waals surface area contributed by atoms with Gasteiger partial charge in [0, 0.05) is 24.5 Å². The van der Waals surface area contributed by atoms with Gasteiger partial charge in [-0.15, -0.1) is 0 Å². The summed E-state index contributed by atoms with van der Waals surface area (Å²) >= 11 is 0. The Morgan fingerprint density at radius 3 is 3.06 bits per heavy atom. The highest BCUT2D eigenvalue weighted by Gasteiger charge is 2.17. The van der Waals surface area contributed by atoms with Crippen LogP contribution in [-0.4, -0.2) is 16.0 Å². The molecule has 2 atom stereocenters. The number of H-pyrrole nitrogens is 1. The van der Waals surface area contributed by atoms with Crippen molar-refractivity contribution >= 4 is 0 Å². The van der Waals surface area contributed by atoms with E-state index in [4.69, 9.17) is 0 Å². The first-order valence-corrected chi connectivity index (χ1v) is 7.09. The van der Waals surface area contributed by atoms with Crippen LogP contribution in [0.15, 0.2) is 12.5 Å². The third-order valence-corrected chi connectivity index (χ3v) is 3.92. The van der Waals surface area contributed by atoms with Gasteiger partial charge < -0.3 is 10.3 Å². The van der Waals surface area contributed by atoms with Crippen molar-refractivity contribution in [2.24, 2.45) is 5.92 Å². The van der Waals surface area contributed by atoms with Gasteiger partial charge >= 0.3 is 0 Å². The van der Waals surface area contributed by atoms with Crippen molar-refractivity contribution in [1.82, 2.24) is 15.3 Å². The number of aromatic nitrogens is 2. The summed E-state index contributed by atoms with van der Waals surface area (Å²) in [6.07, 6.45) is 13.4. The van der Waals surface area contributed by atoms with E-state index in [0.29, 0.717) is 6.04 Å². The zero-order valence-electron chi connectivity index (χ0n) is 10.9. The van der Waals surface area contributed by atoms with Crippen molar-refractivity contribution in [2.75, 3.05) is 0 Å². The molecule has 2 N–H and O–H groups in total. The number of hydrogen-bond donors (Lipinski definition) is 2. The van der Waals surface area contributed by atoms with E-state index in [1.54, 1.807) is 6.33 Å². The predicted molar refractivity (Wildman–Crippen MR) is 70.7 cm³/mol. The SMILES string of the molecule is CCCC1CCCC(NCc2cnc[nH]2)CC1. The van der Waals surface area contributed by atoms with Gasteiger partial charge in [0.1, 0.15) is 0 Å². The number of rotatable bonds is 5. The number of hydrogen-bond acceptors (Lipinski definition) is 2. The highest BCUT2D eigenvalue weighted by Crippen LogP contribution is 2.26. The molecule has 0 aromatic carbocycles. The van der Waals surface area contributed by atoms with Gasteiger partial charge in [-0.3, -0.25) is 0 Å². The summed E-state index contributed by atoms with van der Waals surface area (Å²) in [7, 11) is 0. The molecule has 3 nitrogen and oxygen atoms in total. The van der Waals surface area contributed by atoms with Crippen LogP contribution in [0.3, 0.4) is 0 Å². The summed E-state index contributed by atoms with van der Waals surface area (Å²) in [6, 6.07) is 0.708. The highest BCUT2D eigenvalue weighted by molar-refractivity contribution is 4.94. The zero-order chi connectivity index (χ0) is 11.9. The Hall–Kier alpha value is -0.830. The molecule has 0 aliphatic heterocycles. The minimum atomic E-state index is 0.708. The van der Waals surface area contributed by atoms with E-state index in [-0.39, 0.29) is 0 Å². The molecule has 0 spiro atoms. The van der Waals surface area contributed by atoms with E-state index in [9.17, 15) is 0 Å². The Morgan fingerprint density at radius 1 is 1.35 bits per heavy atom. The molecule has 1 aliphatic rings. The lowest BCUT2D eigenvalue weighted by molar-refractivity contribution is 0.409. The fourth-order valence-corrected chi connectivity index (χ4v) is 2.92. The molecule has 1 fully saturated rings. The van der Waals surface area contributed by atoms with Crippen molar-refractivity contribution in [3.05, 3.63) is 18.2 Å². The average molecular weight is 235 g/mol. The summed E-state index contributed by atoms with van der Waals surface area (Å²) in [5, 5.41) is 3.66. The van der Waals surface area contributed by atoms with Crippen LogP contribution in [0.25, 0.3) is 0 Å². The lowest BCUT2D eigenvalue weighted by Gasteiger charge is -2.16. The third kappa shape index (κ3) is 4.15. The minimum Gasteiger partial charge on any atom is -0.347 e. The van der Waals surface area contributed by atoms with Crippen LogP contribution in [0.4, 0.5) is 0 Å². The van der Waals surface area contributed by atoms with Gasteiger partial charge in [0.25, 0.3) is 0 Å². The maximum atomic E-state index is 4.05. The molecule has 1 aliphatic carbocycles. The molecule has 1 heterocycles. The van der Waals surface area contributed by atoms with E-state index in [1.807, 2.05) is 6.20 Å². The van der Waals surface area contributed by atoms with Crippen LogP contribution in [0, 0.1) is 5.92 Å². The van der Waals surface area contributed by atoms with E-state index in [0.717, 1.165) is 12.5 Å². The Bertz CT molecular complexity index is 294. The van der Waals surface area contributed by atoms with Gasteiger partial charge in [-0.25, -0.2) is 4.98 Å². The zero-order valence-corrected chi connectivity index (χ0v) is 10.9. The van der Waals surface area contributed by atoms with Crippen molar-refractivity contribution < 1.29 is 0 Å². The molecule has 1 aromatic heterocycles. The van der Waals surface area contributed by atoms with Crippen molar-refractivity contribution in [2.45, 2.75) is 64.5 Å². The third-order valence-electron chi connectivity index (χ3n) is 3.92. The lowest BCUT2D eigenvalue weighted by Crippen LogP contribution is -2.28. The van der Waals surface area contributed by atoms with Crippen molar-refractivity contribution in [3.8, 4) is 0 Å². The molecule has 0 amide bonds. The fraction of sp³-hybridized carbons (Fsp3) is 0.786. The van der Waals surface area contributed by atoms with Gasteiger partial charge in [-0.05, 0) is 25.2 Å². The maximum Gasteiger partial charge on any atom is 0.0922 e. The number of aromatic amines is 1. The first-order chi connectivity index (χ1) is 8.38. The van der Waals surface area contributed by atoms with Gasteiger partial charge in [0.05, 0.1) is 6.33 Å². The second-order valence-electron chi connectivity index (χ2n) is 5.32. The Balaban J connectivity index is 1.71. The molecular weight excluding hydrogens is 210 g/mol. The number of nitrogens with one attached hydrogen (secondary N) is 2. The monoisotopic (exact) mass is 235 g/mol. The minimum absolute atomic E-state index is 0.708. The van der Waals surface area contributed by atoms with Crippen LogP contribution in [0.2, 0.25) is 0 Å². The second kappa shape index (κ2) is 6.80. The summed E-state index contributed by atoms with van der Waals surface area (Å²) in [6.45, 7) is 3.24. The molecule has 2 rings (SSSR count). The largest absolute Gasteiger partial charge is 0.347 e. The Labute approximate surface area is 104 Å². The van der Waals surface area contributed by atoms with Crippen LogP contribution in [-0.2, 0) is 6.54 Å². The van der Waals surface area contributed by atoms with Crippen LogP contribution >= 0.6 is 0 Å². The van der Waals surface area contributed by atoms with Gasteiger partial charge in [0.2, 0.25) is 0 Å². The molecule has 0 radical (unpaired) electrons. The normalized spacial score (nSPS) is 25.7. The molecule has 1 aromatic rings. The Morgan fingerprint density at radius 2 is 2.29 bits per heavy atom. The van der Waals surface area contributed by atoms with Gasteiger partial charge in [-0.2, -0.15) is 0 Å². The first-order valence-electron chi connectivity index (χ1n) is 7.09. The molecule has 2 unspecified atom stereocenters. The van der Waals surface area contributed by atoms with Crippen molar-refractivity contribution in [1.29, 1.82) is 0 Å². The molecule has 0 bridgehead atoms. The molecule has 96 valence electrons. The highest BCUT2D eigenvalue weighted by atomic mass is 15.0. The van der Waals surface area contributed by atoms with Crippen molar-refractivity contribution in [3.63, 3.8) is 0 Å². The second-order valence-corrected chi connectivity index (χ2v) is 5.32. The summed E-state index contributed by atoms with van der Waals surface area (Å²) in [4.78, 5) is 7.19. The van der Waals surface area contributed by atoms with Gasteiger partial charge in [-0.1, -0.05) is 32.6 Å². The summed E-state index contributed by atoms with van der Waals surface area (Å²) in [5.41, 5.74) is 1.19. The van der Waals surface area contributed by atoms with E-state index in [1.165, 1.54) is 50.6 Å².